The number of ether oxygens (including phenoxy) is 3. The molecular weight excluding hydrogens is 628 g/mol. The van der Waals surface area contributed by atoms with Crippen LogP contribution in [0.2, 0.25) is 30.1 Å². The maximum atomic E-state index is 6.12. The lowest BCUT2D eigenvalue weighted by Gasteiger charge is -2.18. The average molecular weight is 649 g/mol. The van der Waals surface area contributed by atoms with E-state index in [-0.39, 0.29) is 39.6 Å². The highest BCUT2D eigenvalue weighted by atomic mass is 35.5. The van der Waals surface area contributed by atoms with Gasteiger partial charge >= 0.3 is 8.60 Å². The van der Waals surface area contributed by atoms with E-state index in [0.717, 1.165) is 0 Å². The quantitative estimate of drug-likeness (QED) is 0.121. The minimum Gasteiger partial charge on any atom is -0.490 e. The average Bonchev–Trinajstić information content (AvgIpc) is 2.85. The molecule has 0 unspecified atom stereocenters. The van der Waals surface area contributed by atoms with Crippen LogP contribution >= 0.6 is 78.2 Å². The normalized spacial score (nSPS) is 11.1. The van der Waals surface area contributed by atoms with Crippen LogP contribution in [0.4, 0.5) is 0 Å². The number of halogens is 6. The summed E-state index contributed by atoms with van der Waals surface area (Å²) in [5, 5.41) is 2.75. The van der Waals surface area contributed by atoms with Crippen molar-refractivity contribution in [2.24, 2.45) is 0 Å². The zero-order chi connectivity index (χ0) is 26.6. The Morgan fingerprint density at radius 1 is 0.432 bits per heavy atom. The SMILES string of the molecule is Clc1ccc(OCCOP(OCCOc2ccc(Cl)cc2Cl)OCCOc2ccc(Cl)cc2Cl)c(Cl)c1. The highest BCUT2D eigenvalue weighted by Crippen LogP contribution is 2.39. The van der Waals surface area contributed by atoms with Crippen molar-refractivity contribution in [3.05, 3.63) is 84.7 Å². The Bertz CT molecular complexity index is 1010. The Morgan fingerprint density at radius 3 is 1.00 bits per heavy atom. The van der Waals surface area contributed by atoms with Crippen LogP contribution in [-0.4, -0.2) is 39.6 Å². The molecule has 3 aromatic carbocycles. The topological polar surface area (TPSA) is 55.4 Å². The molecule has 0 bridgehead atoms. The summed E-state index contributed by atoms with van der Waals surface area (Å²) >= 11 is 36.1. The van der Waals surface area contributed by atoms with E-state index in [9.17, 15) is 0 Å². The molecule has 3 rings (SSSR count). The summed E-state index contributed by atoms with van der Waals surface area (Å²) in [6.45, 7) is 1.16. The van der Waals surface area contributed by atoms with Gasteiger partial charge in [0.25, 0.3) is 0 Å². The molecule has 200 valence electrons. The molecule has 13 heteroatoms. The van der Waals surface area contributed by atoms with Gasteiger partial charge in [0.05, 0.1) is 34.9 Å². The van der Waals surface area contributed by atoms with E-state index in [0.29, 0.717) is 47.4 Å². The second-order valence-corrected chi connectivity index (χ2v) is 10.7. The predicted octanol–water partition coefficient (Wildman–Crippen LogP) is 9.42. The second-order valence-electron chi connectivity index (χ2n) is 6.99. The maximum absolute atomic E-state index is 6.12. The Hall–Kier alpha value is -0.890. The molecule has 0 spiro atoms. The van der Waals surface area contributed by atoms with Crippen molar-refractivity contribution >= 4 is 78.2 Å². The zero-order valence-electron chi connectivity index (χ0n) is 19.1. The van der Waals surface area contributed by atoms with E-state index in [2.05, 4.69) is 0 Å². The van der Waals surface area contributed by atoms with Crippen LogP contribution in [0.15, 0.2) is 54.6 Å². The van der Waals surface area contributed by atoms with Gasteiger partial charge < -0.3 is 27.8 Å². The van der Waals surface area contributed by atoms with Crippen LogP contribution in [0.1, 0.15) is 0 Å². The third kappa shape index (κ3) is 11.0. The summed E-state index contributed by atoms with van der Waals surface area (Å²) in [7, 11) is -1.74. The summed E-state index contributed by atoms with van der Waals surface area (Å²) in [6, 6.07) is 14.9. The maximum Gasteiger partial charge on any atom is 0.333 e. The molecule has 0 amide bonds. The van der Waals surface area contributed by atoms with E-state index in [1.807, 2.05) is 0 Å². The predicted molar refractivity (Wildman–Crippen MR) is 151 cm³/mol. The minimum absolute atomic E-state index is 0.179. The summed E-state index contributed by atoms with van der Waals surface area (Å²) in [5.74, 6) is 1.46. The molecule has 3 aromatic rings. The fourth-order valence-electron chi connectivity index (χ4n) is 2.68. The Balaban J connectivity index is 1.45. The van der Waals surface area contributed by atoms with E-state index < -0.39 is 8.60 Å². The molecular formula is C24H21Cl6O6P. The largest absolute Gasteiger partial charge is 0.490 e. The van der Waals surface area contributed by atoms with Crippen LogP contribution in [0.5, 0.6) is 17.2 Å². The molecule has 37 heavy (non-hydrogen) atoms. The number of hydrogen-bond donors (Lipinski definition) is 0. The fraction of sp³-hybridized carbons (Fsp3) is 0.250. The molecule has 0 saturated heterocycles. The van der Waals surface area contributed by atoms with Crippen molar-refractivity contribution in [3.63, 3.8) is 0 Å². The lowest BCUT2D eigenvalue weighted by molar-refractivity contribution is 0.115. The first-order chi connectivity index (χ1) is 17.8. The smallest absolute Gasteiger partial charge is 0.333 e. The summed E-state index contributed by atoms with van der Waals surface area (Å²) in [5.41, 5.74) is 0. The third-order valence-corrected chi connectivity index (χ3v) is 7.07. The van der Waals surface area contributed by atoms with Crippen LogP contribution in [0.25, 0.3) is 0 Å². The molecule has 0 aliphatic heterocycles. The molecule has 0 saturated carbocycles. The van der Waals surface area contributed by atoms with Gasteiger partial charge in [0, 0.05) is 15.1 Å². The molecule has 0 heterocycles. The first-order valence-electron chi connectivity index (χ1n) is 10.7. The standard InChI is InChI=1S/C24H21Cl6O6P/c25-16-1-4-22(19(28)13-16)31-7-10-34-37(35-11-8-32-23-5-2-17(26)14-20(23)29)36-12-9-33-24-6-3-18(27)15-21(24)30/h1-6,13-15H,7-12H2. The molecule has 6 nitrogen and oxygen atoms in total. The molecule has 0 N–H and O–H groups in total. The fourth-order valence-corrected chi connectivity index (χ4v) is 4.96. The molecule has 0 fully saturated rings. The second kappa shape index (κ2) is 16.3. The summed E-state index contributed by atoms with van der Waals surface area (Å²) in [6.07, 6.45) is 0. The van der Waals surface area contributed by atoms with Gasteiger partial charge in [-0.3, -0.25) is 0 Å². The van der Waals surface area contributed by atoms with Crippen molar-refractivity contribution in [3.8, 4) is 17.2 Å². The molecule has 0 radical (unpaired) electrons. The van der Waals surface area contributed by atoms with Crippen molar-refractivity contribution < 1.29 is 27.8 Å². The van der Waals surface area contributed by atoms with E-state index >= 15 is 0 Å². The van der Waals surface area contributed by atoms with Gasteiger partial charge in [-0.2, -0.15) is 0 Å². The Morgan fingerprint density at radius 2 is 0.730 bits per heavy atom. The lowest BCUT2D eigenvalue weighted by Crippen LogP contribution is -2.11. The van der Waals surface area contributed by atoms with E-state index in [4.69, 9.17) is 97.4 Å². The summed E-state index contributed by atoms with van der Waals surface area (Å²) in [4.78, 5) is 0. The Labute approximate surface area is 246 Å². The van der Waals surface area contributed by atoms with Gasteiger partial charge in [0.1, 0.15) is 37.1 Å². The zero-order valence-corrected chi connectivity index (χ0v) is 24.5. The number of benzene rings is 3. The van der Waals surface area contributed by atoms with Crippen molar-refractivity contribution in [1.29, 1.82) is 0 Å². The van der Waals surface area contributed by atoms with Crippen LogP contribution in [0.3, 0.4) is 0 Å². The van der Waals surface area contributed by atoms with Gasteiger partial charge in [0.15, 0.2) is 0 Å². The minimum atomic E-state index is -1.74. The summed E-state index contributed by atoms with van der Waals surface area (Å²) < 4.78 is 34.1. The first-order valence-corrected chi connectivity index (χ1v) is 14.1. The molecule has 0 aliphatic rings. The first kappa shape index (κ1) is 30.6. The van der Waals surface area contributed by atoms with E-state index in [1.165, 1.54) is 0 Å². The van der Waals surface area contributed by atoms with Crippen molar-refractivity contribution in [2.45, 2.75) is 0 Å². The van der Waals surface area contributed by atoms with Gasteiger partial charge in [-0.05, 0) is 54.6 Å². The van der Waals surface area contributed by atoms with Crippen LogP contribution in [0, 0.1) is 0 Å². The number of rotatable bonds is 15. The number of hydrogen-bond acceptors (Lipinski definition) is 6. The Kier molecular flexibility index (Phi) is 13.5. The van der Waals surface area contributed by atoms with Crippen LogP contribution < -0.4 is 14.2 Å². The van der Waals surface area contributed by atoms with E-state index in [1.54, 1.807) is 54.6 Å². The van der Waals surface area contributed by atoms with Gasteiger partial charge in [0.2, 0.25) is 0 Å². The molecule has 0 atom stereocenters. The van der Waals surface area contributed by atoms with Crippen molar-refractivity contribution in [1.82, 2.24) is 0 Å². The van der Waals surface area contributed by atoms with Crippen molar-refractivity contribution in [2.75, 3.05) is 39.6 Å². The lowest BCUT2D eigenvalue weighted by atomic mass is 10.3. The van der Waals surface area contributed by atoms with Gasteiger partial charge in [-0.1, -0.05) is 69.6 Å². The molecule has 0 aromatic heterocycles. The molecule has 0 aliphatic carbocycles. The highest BCUT2D eigenvalue weighted by Gasteiger charge is 2.14. The third-order valence-electron chi connectivity index (χ3n) is 4.29. The van der Waals surface area contributed by atoms with Crippen LogP contribution in [-0.2, 0) is 13.6 Å². The van der Waals surface area contributed by atoms with Gasteiger partial charge in [-0.25, -0.2) is 0 Å². The highest BCUT2D eigenvalue weighted by molar-refractivity contribution is 7.41. The monoisotopic (exact) mass is 646 g/mol. The van der Waals surface area contributed by atoms with Gasteiger partial charge in [-0.15, -0.1) is 0 Å².